The Morgan fingerprint density at radius 2 is 1.89 bits per heavy atom. The maximum atomic E-state index is 12.4. The van der Waals surface area contributed by atoms with Gasteiger partial charge in [-0.3, -0.25) is 23.3 Å². The second kappa shape index (κ2) is 8.01. The lowest BCUT2D eigenvalue weighted by atomic mass is 10.4. The van der Waals surface area contributed by atoms with Crippen molar-refractivity contribution in [3.8, 4) is 0 Å². The van der Waals surface area contributed by atoms with Crippen molar-refractivity contribution in [2.24, 2.45) is 14.1 Å². The third-order valence-electron chi connectivity index (χ3n) is 4.04. The van der Waals surface area contributed by atoms with E-state index < -0.39 is 11.2 Å². The first-order valence-corrected chi connectivity index (χ1v) is 9.53. The summed E-state index contributed by atoms with van der Waals surface area (Å²) in [5, 5.41) is 2.78. The number of imidazole rings is 1. The molecule has 0 radical (unpaired) electrons. The quantitative estimate of drug-likeness (QED) is 0.374. The summed E-state index contributed by atoms with van der Waals surface area (Å²) in [5.74, 6) is 0.422. The van der Waals surface area contributed by atoms with Gasteiger partial charge in [0.05, 0.1) is 0 Å². The number of nitrogens with zero attached hydrogens (tertiary/aromatic N) is 4. The summed E-state index contributed by atoms with van der Waals surface area (Å²) in [7, 11) is 2.87. The molecule has 1 N–H and O–H groups in total. The van der Waals surface area contributed by atoms with Crippen LogP contribution in [0, 0.1) is 0 Å². The molecular weight excluding hydrogens is 390 g/mol. The van der Waals surface area contributed by atoms with Crippen LogP contribution in [-0.4, -0.2) is 36.9 Å². The highest BCUT2D eigenvalue weighted by molar-refractivity contribution is 7.99. The van der Waals surface area contributed by atoms with Gasteiger partial charge >= 0.3 is 5.69 Å². The van der Waals surface area contributed by atoms with Gasteiger partial charge < -0.3 is 5.32 Å². The highest BCUT2D eigenvalue weighted by Crippen LogP contribution is 2.16. The molecule has 2 aromatic heterocycles. The van der Waals surface area contributed by atoms with E-state index in [1.807, 2.05) is 30.3 Å². The monoisotopic (exact) mass is 407 g/mol. The molecule has 0 aliphatic heterocycles. The molecule has 0 spiro atoms. The number of rotatable bonds is 6. The van der Waals surface area contributed by atoms with Gasteiger partial charge in [0.15, 0.2) is 11.2 Å². The van der Waals surface area contributed by atoms with Crippen LogP contribution in [0.4, 0.5) is 0 Å². The number of benzene rings is 1. The molecule has 3 aromatic rings. The topological polar surface area (TPSA) is 90.9 Å². The van der Waals surface area contributed by atoms with E-state index in [1.165, 1.54) is 23.2 Å². The summed E-state index contributed by atoms with van der Waals surface area (Å²) >= 11 is 7.74. The Morgan fingerprint density at radius 3 is 2.59 bits per heavy atom. The number of aryl methyl sites for hydroxylation is 1. The van der Waals surface area contributed by atoms with Gasteiger partial charge in [-0.25, -0.2) is 4.79 Å². The number of carbonyl (C=O) groups is 1. The zero-order valence-electron chi connectivity index (χ0n) is 14.8. The Balaban J connectivity index is 1.71. The molecule has 0 saturated carbocycles. The molecule has 1 amide bonds. The van der Waals surface area contributed by atoms with Crippen LogP contribution in [0.5, 0.6) is 0 Å². The lowest BCUT2D eigenvalue weighted by Gasteiger charge is -2.08. The minimum absolute atomic E-state index is 0.0166. The van der Waals surface area contributed by atoms with Gasteiger partial charge in [0, 0.05) is 31.3 Å². The minimum atomic E-state index is -0.542. The van der Waals surface area contributed by atoms with Crippen molar-refractivity contribution in [1.29, 1.82) is 0 Å². The van der Waals surface area contributed by atoms with Crippen LogP contribution in [-0.2, 0) is 25.4 Å². The second-order valence-corrected chi connectivity index (χ2v) is 7.36. The van der Waals surface area contributed by atoms with Crippen molar-refractivity contribution < 1.29 is 4.79 Å². The molecule has 2 heterocycles. The van der Waals surface area contributed by atoms with Crippen LogP contribution < -0.4 is 16.6 Å². The molecule has 8 nitrogen and oxygen atoms in total. The van der Waals surface area contributed by atoms with Gasteiger partial charge in [-0.15, -0.1) is 11.8 Å². The highest BCUT2D eigenvalue weighted by atomic mass is 35.5. The molecule has 0 aliphatic rings. The summed E-state index contributed by atoms with van der Waals surface area (Å²) in [4.78, 5) is 41.9. The maximum Gasteiger partial charge on any atom is 0.332 e. The van der Waals surface area contributed by atoms with Gasteiger partial charge in [-0.1, -0.05) is 18.2 Å². The number of carbonyl (C=O) groups excluding carboxylic acids is 1. The van der Waals surface area contributed by atoms with Crippen molar-refractivity contribution >= 4 is 40.4 Å². The fraction of sp³-hybridized carbons (Fsp3) is 0.294. The average molecular weight is 408 g/mol. The number of thioether (sulfide) groups is 1. The number of halogens is 1. The lowest BCUT2D eigenvalue weighted by molar-refractivity contribution is -0.121. The van der Waals surface area contributed by atoms with Crippen molar-refractivity contribution in [3.63, 3.8) is 0 Å². The summed E-state index contributed by atoms with van der Waals surface area (Å²) in [6, 6.07) is 9.88. The van der Waals surface area contributed by atoms with Crippen molar-refractivity contribution in [2.45, 2.75) is 11.4 Å². The van der Waals surface area contributed by atoms with Gasteiger partial charge in [-0.05, 0) is 23.7 Å². The van der Waals surface area contributed by atoms with Gasteiger partial charge in [0.1, 0.15) is 6.54 Å². The van der Waals surface area contributed by atoms with E-state index in [4.69, 9.17) is 11.6 Å². The molecule has 142 valence electrons. The standard InChI is InChI=1S/C17H18ClN5O3S/c1-21-14-13(15(25)22(2)17(21)26)23(16(18)20-14)10-12(24)19-8-9-27-11-6-4-3-5-7-11/h3-7H,8-10H2,1-2H3,(H,19,24). The first kappa shape index (κ1) is 19.2. The Hall–Kier alpha value is -2.52. The molecule has 0 unspecified atom stereocenters. The molecule has 0 fully saturated rings. The fourth-order valence-electron chi connectivity index (χ4n) is 2.64. The second-order valence-electron chi connectivity index (χ2n) is 5.86. The summed E-state index contributed by atoms with van der Waals surface area (Å²) < 4.78 is 3.51. The normalized spacial score (nSPS) is 11.1. The van der Waals surface area contributed by atoms with Gasteiger partial charge in [0.2, 0.25) is 11.2 Å². The van der Waals surface area contributed by atoms with Crippen molar-refractivity contribution in [2.75, 3.05) is 12.3 Å². The van der Waals surface area contributed by atoms with E-state index in [0.29, 0.717) is 12.3 Å². The minimum Gasteiger partial charge on any atom is -0.354 e. The molecule has 0 atom stereocenters. The van der Waals surface area contributed by atoms with E-state index in [1.54, 1.807) is 11.8 Å². The molecule has 3 rings (SSSR count). The number of hydrogen-bond acceptors (Lipinski definition) is 5. The van der Waals surface area contributed by atoms with E-state index in [-0.39, 0.29) is 28.9 Å². The van der Waals surface area contributed by atoms with Crippen LogP contribution in [0.25, 0.3) is 11.2 Å². The number of amides is 1. The number of aromatic nitrogens is 4. The smallest absolute Gasteiger partial charge is 0.332 e. The summed E-state index contributed by atoms with van der Waals surface area (Å²) in [5.41, 5.74) is -0.768. The van der Waals surface area contributed by atoms with Crippen LogP contribution in [0.2, 0.25) is 5.28 Å². The van der Waals surface area contributed by atoms with Crippen molar-refractivity contribution in [1.82, 2.24) is 24.0 Å². The third kappa shape index (κ3) is 3.93. The van der Waals surface area contributed by atoms with Gasteiger partial charge in [0.25, 0.3) is 5.56 Å². The predicted octanol–water partition coefficient (Wildman–Crippen LogP) is 0.996. The summed E-state index contributed by atoms with van der Waals surface area (Å²) in [6.07, 6.45) is 0. The van der Waals surface area contributed by atoms with E-state index in [9.17, 15) is 14.4 Å². The predicted molar refractivity (Wildman–Crippen MR) is 105 cm³/mol. The zero-order valence-corrected chi connectivity index (χ0v) is 16.4. The lowest BCUT2D eigenvalue weighted by Crippen LogP contribution is -2.38. The number of hydrogen-bond donors (Lipinski definition) is 1. The third-order valence-corrected chi connectivity index (χ3v) is 5.34. The number of nitrogens with one attached hydrogen (secondary N) is 1. The summed E-state index contributed by atoms with van der Waals surface area (Å²) in [6.45, 7) is 0.317. The van der Waals surface area contributed by atoms with E-state index in [2.05, 4.69) is 10.3 Å². The zero-order chi connectivity index (χ0) is 19.6. The fourth-order valence-corrected chi connectivity index (χ4v) is 3.65. The number of fused-ring (bicyclic) bond motifs is 1. The van der Waals surface area contributed by atoms with Gasteiger partial charge in [-0.2, -0.15) is 4.98 Å². The maximum absolute atomic E-state index is 12.4. The van der Waals surface area contributed by atoms with E-state index in [0.717, 1.165) is 9.46 Å². The molecule has 10 heteroatoms. The largest absolute Gasteiger partial charge is 0.354 e. The Morgan fingerprint density at radius 1 is 1.19 bits per heavy atom. The molecule has 27 heavy (non-hydrogen) atoms. The first-order chi connectivity index (χ1) is 12.9. The SMILES string of the molecule is Cn1c(=O)c2c(nc(Cl)n2CC(=O)NCCSc2ccccc2)n(C)c1=O. The van der Waals surface area contributed by atoms with E-state index >= 15 is 0 Å². The molecule has 1 aromatic carbocycles. The highest BCUT2D eigenvalue weighted by Gasteiger charge is 2.19. The first-order valence-electron chi connectivity index (χ1n) is 8.16. The Labute approximate surface area is 163 Å². The molecule has 0 bridgehead atoms. The van der Waals surface area contributed by atoms with Crippen LogP contribution in [0.1, 0.15) is 0 Å². The molecule has 0 saturated heterocycles. The molecule has 0 aliphatic carbocycles. The Bertz CT molecular complexity index is 1100. The van der Waals surface area contributed by atoms with Crippen LogP contribution in [0.15, 0.2) is 44.8 Å². The molecular formula is C17H18ClN5O3S. The van der Waals surface area contributed by atoms with Crippen LogP contribution in [0.3, 0.4) is 0 Å². The average Bonchev–Trinajstić information content (AvgIpc) is 2.99. The van der Waals surface area contributed by atoms with Crippen LogP contribution >= 0.6 is 23.4 Å². The van der Waals surface area contributed by atoms with Crippen molar-refractivity contribution in [3.05, 3.63) is 56.5 Å². The Kier molecular flexibility index (Phi) is 5.71.